The number of aliphatic hydroxyl groups is 1. The molecule has 60 valence electrons. The third kappa shape index (κ3) is 4.95. The van der Waals surface area contributed by atoms with E-state index in [-0.39, 0.29) is 5.22 Å². The highest BCUT2D eigenvalue weighted by molar-refractivity contribution is 6.38. The molecule has 0 atom stereocenters. The van der Waals surface area contributed by atoms with Gasteiger partial charge in [-0.15, -0.1) is 0 Å². The number of aliphatic hydroxyl groups excluding tert-OH is 1. The van der Waals surface area contributed by atoms with Gasteiger partial charge in [0.25, 0.3) is 0 Å². The molecule has 0 aromatic carbocycles. The molecule has 0 rings (SSSR count). The van der Waals surface area contributed by atoms with Crippen LogP contribution in [0.4, 0.5) is 0 Å². The largest absolute Gasteiger partial charge is 0.498 e. The van der Waals surface area contributed by atoms with Crippen molar-refractivity contribution in [2.75, 3.05) is 0 Å². The Balaban J connectivity index is 3.40. The highest BCUT2D eigenvalue weighted by atomic mass is 35.5. The Morgan fingerprint density at radius 1 is 1.30 bits per heavy atom. The fraction of sp³-hybridized carbons (Fsp3) is 0.714. The van der Waals surface area contributed by atoms with Crippen LogP contribution in [0.5, 0.6) is 0 Å². The second-order valence-electron chi connectivity index (χ2n) is 2.15. The van der Waals surface area contributed by atoms with Crippen LogP contribution < -0.4 is 0 Å². The molecule has 0 aliphatic rings. The molecule has 0 saturated carbocycles. The van der Waals surface area contributed by atoms with Crippen molar-refractivity contribution in [3.8, 4) is 0 Å². The van der Waals surface area contributed by atoms with Crippen LogP contribution in [0.15, 0.2) is 10.3 Å². The lowest BCUT2D eigenvalue weighted by atomic mass is 10.2. The van der Waals surface area contributed by atoms with E-state index in [1.165, 1.54) is 0 Å². The molecule has 10 heavy (non-hydrogen) atoms. The minimum atomic E-state index is -0.266. The van der Waals surface area contributed by atoms with Crippen molar-refractivity contribution in [1.82, 2.24) is 0 Å². The van der Waals surface area contributed by atoms with Gasteiger partial charge in [0.2, 0.25) is 0 Å². The van der Waals surface area contributed by atoms with Crippen LogP contribution in [0.25, 0.3) is 0 Å². The molecule has 0 aliphatic carbocycles. The fourth-order valence-electron chi connectivity index (χ4n) is 0.633. The predicted octanol–water partition coefficient (Wildman–Crippen LogP) is 3.77. The van der Waals surface area contributed by atoms with E-state index < -0.39 is 0 Å². The lowest BCUT2D eigenvalue weighted by Crippen LogP contribution is -1.79. The van der Waals surface area contributed by atoms with E-state index >= 15 is 0 Å². The van der Waals surface area contributed by atoms with Crippen LogP contribution in [-0.4, -0.2) is 5.11 Å². The molecule has 0 aromatic rings. The van der Waals surface area contributed by atoms with Crippen molar-refractivity contribution in [3.63, 3.8) is 0 Å². The zero-order chi connectivity index (χ0) is 7.98. The number of allylic oxidation sites excluding steroid dienone is 1. The number of hydrogen-bond acceptors (Lipinski definition) is 1. The van der Waals surface area contributed by atoms with Crippen molar-refractivity contribution in [3.05, 3.63) is 10.3 Å². The molecule has 0 bridgehead atoms. The minimum absolute atomic E-state index is 0.266. The summed E-state index contributed by atoms with van der Waals surface area (Å²) in [5.74, 6) is 0. The van der Waals surface area contributed by atoms with Crippen LogP contribution >= 0.6 is 23.2 Å². The maximum atomic E-state index is 8.63. The Morgan fingerprint density at radius 2 is 1.90 bits per heavy atom. The first-order chi connectivity index (χ1) is 4.68. The van der Waals surface area contributed by atoms with Crippen molar-refractivity contribution in [1.29, 1.82) is 0 Å². The molecule has 0 heterocycles. The fourth-order valence-corrected chi connectivity index (χ4v) is 0.861. The van der Waals surface area contributed by atoms with Gasteiger partial charge in [0.05, 0.1) is 5.03 Å². The van der Waals surface area contributed by atoms with Gasteiger partial charge in [0, 0.05) is 0 Å². The van der Waals surface area contributed by atoms with E-state index in [4.69, 9.17) is 28.3 Å². The topological polar surface area (TPSA) is 20.2 Å². The zero-order valence-corrected chi connectivity index (χ0v) is 7.54. The van der Waals surface area contributed by atoms with Gasteiger partial charge in [0.15, 0.2) is 5.22 Å². The summed E-state index contributed by atoms with van der Waals surface area (Å²) in [6.07, 6.45) is 3.95. The first-order valence-electron chi connectivity index (χ1n) is 3.41. The third-order valence-electron chi connectivity index (χ3n) is 1.22. The average Bonchev–Trinajstić information content (AvgIpc) is 1.88. The maximum absolute atomic E-state index is 8.63. The summed E-state index contributed by atoms with van der Waals surface area (Å²) in [4.78, 5) is 0. The predicted molar refractivity (Wildman–Crippen MR) is 45.5 cm³/mol. The first kappa shape index (κ1) is 10.1. The van der Waals surface area contributed by atoms with Gasteiger partial charge in [0.1, 0.15) is 0 Å². The van der Waals surface area contributed by atoms with E-state index in [1.54, 1.807) is 0 Å². The molecule has 1 nitrogen and oxygen atoms in total. The molecule has 3 heteroatoms. The SMILES string of the molecule is CCCCC/C(Cl)=C(/O)Cl. The highest BCUT2D eigenvalue weighted by Crippen LogP contribution is 2.17. The lowest BCUT2D eigenvalue weighted by Gasteiger charge is -1.96. The summed E-state index contributed by atoms with van der Waals surface area (Å²) in [6, 6.07) is 0. The Labute approximate surface area is 71.6 Å². The molecular weight excluding hydrogens is 171 g/mol. The van der Waals surface area contributed by atoms with Gasteiger partial charge < -0.3 is 5.11 Å². The smallest absolute Gasteiger partial charge is 0.199 e. The Morgan fingerprint density at radius 3 is 2.30 bits per heavy atom. The first-order valence-corrected chi connectivity index (χ1v) is 4.17. The van der Waals surface area contributed by atoms with Gasteiger partial charge in [-0.05, 0) is 24.4 Å². The number of rotatable bonds is 4. The van der Waals surface area contributed by atoms with Crippen LogP contribution in [0.2, 0.25) is 0 Å². The summed E-state index contributed by atoms with van der Waals surface area (Å²) in [5, 5.41) is 8.74. The van der Waals surface area contributed by atoms with E-state index in [9.17, 15) is 0 Å². The molecule has 1 N–H and O–H groups in total. The highest BCUT2D eigenvalue weighted by Gasteiger charge is 1.97. The van der Waals surface area contributed by atoms with Crippen LogP contribution in [0.1, 0.15) is 32.6 Å². The quantitative estimate of drug-likeness (QED) is 0.519. The van der Waals surface area contributed by atoms with Gasteiger partial charge in [-0.1, -0.05) is 31.4 Å². The molecule has 0 amide bonds. The second kappa shape index (κ2) is 5.87. The van der Waals surface area contributed by atoms with Crippen molar-refractivity contribution < 1.29 is 5.11 Å². The van der Waals surface area contributed by atoms with Crippen LogP contribution in [-0.2, 0) is 0 Å². The molecule has 0 fully saturated rings. The van der Waals surface area contributed by atoms with E-state index in [1.807, 2.05) is 0 Å². The lowest BCUT2D eigenvalue weighted by molar-refractivity contribution is 0.446. The standard InChI is InChI=1S/C7H12Cl2O/c1-2-3-4-5-6(8)7(9)10/h10H,2-5H2,1H3/b7-6-. The molecular formula is C7H12Cl2O. The summed E-state index contributed by atoms with van der Waals surface area (Å²) < 4.78 is 0. The molecule has 0 unspecified atom stereocenters. The Hall–Kier alpha value is 0.120. The minimum Gasteiger partial charge on any atom is -0.498 e. The second-order valence-corrected chi connectivity index (χ2v) is 2.97. The number of hydrogen-bond donors (Lipinski definition) is 1. The van der Waals surface area contributed by atoms with Gasteiger partial charge in [-0.25, -0.2) is 0 Å². The molecule has 0 aliphatic heterocycles. The maximum Gasteiger partial charge on any atom is 0.199 e. The van der Waals surface area contributed by atoms with Crippen molar-refractivity contribution in [2.45, 2.75) is 32.6 Å². The van der Waals surface area contributed by atoms with Gasteiger partial charge in [-0.2, -0.15) is 0 Å². The Bertz CT molecular complexity index is 117. The molecule has 0 aromatic heterocycles. The number of halogens is 2. The van der Waals surface area contributed by atoms with Crippen LogP contribution in [0, 0.1) is 0 Å². The summed E-state index contributed by atoms with van der Waals surface area (Å²) >= 11 is 10.8. The van der Waals surface area contributed by atoms with Gasteiger partial charge >= 0.3 is 0 Å². The summed E-state index contributed by atoms with van der Waals surface area (Å²) in [6.45, 7) is 2.11. The normalized spacial score (nSPS) is 13.1. The van der Waals surface area contributed by atoms with E-state index in [0.29, 0.717) is 11.5 Å². The molecule has 0 radical (unpaired) electrons. The van der Waals surface area contributed by atoms with E-state index in [0.717, 1.165) is 19.3 Å². The third-order valence-corrected chi connectivity index (χ3v) is 1.92. The summed E-state index contributed by atoms with van der Waals surface area (Å²) in [5.41, 5.74) is 0. The zero-order valence-electron chi connectivity index (χ0n) is 6.03. The molecule has 0 spiro atoms. The van der Waals surface area contributed by atoms with Crippen molar-refractivity contribution >= 4 is 23.2 Å². The summed E-state index contributed by atoms with van der Waals surface area (Å²) in [7, 11) is 0. The van der Waals surface area contributed by atoms with Crippen LogP contribution in [0.3, 0.4) is 0 Å². The van der Waals surface area contributed by atoms with E-state index in [2.05, 4.69) is 6.92 Å². The Kier molecular flexibility index (Phi) is 5.94. The number of unbranched alkanes of at least 4 members (excludes halogenated alkanes) is 2. The molecule has 0 saturated heterocycles. The van der Waals surface area contributed by atoms with Crippen molar-refractivity contribution in [2.24, 2.45) is 0 Å². The average molecular weight is 183 g/mol. The van der Waals surface area contributed by atoms with Gasteiger partial charge in [-0.3, -0.25) is 0 Å². The monoisotopic (exact) mass is 182 g/mol.